The van der Waals surface area contributed by atoms with Gasteiger partial charge in [0.25, 0.3) is 0 Å². The summed E-state index contributed by atoms with van der Waals surface area (Å²) in [7, 11) is 1.91. The normalized spacial score (nSPS) is 10.6. The summed E-state index contributed by atoms with van der Waals surface area (Å²) in [6.45, 7) is 4.83. The molecule has 18 heavy (non-hydrogen) atoms. The summed E-state index contributed by atoms with van der Waals surface area (Å²) < 4.78 is 5.63. The van der Waals surface area contributed by atoms with Crippen LogP contribution in [0.1, 0.15) is 25.8 Å². The molecule has 0 aliphatic carbocycles. The summed E-state index contributed by atoms with van der Waals surface area (Å²) >= 11 is 0. The van der Waals surface area contributed by atoms with Crippen molar-refractivity contribution in [3.8, 4) is 5.75 Å². The number of fused-ring (bicyclic) bond motifs is 1. The van der Waals surface area contributed by atoms with Gasteiger partial charge >= 0.3 is 0 Å². The van der Waals surface area contributed by atoms with Gasteiger partial charge in [0.15, 0.2) is 0 Å². The number of nitrogens with zero attached hydrogens (tertiary/aromatic N) is 1. The second-order valence-corrected chi connectivity index (χ2v) is 4.26. The van der Waals surface area contributed by atoms with Crippen molar-refractivity contribution in [1.82, 2.24) is 4.98 Å². The lowest BCUT2D eigenvalue weighted by atomic mass is 10.1. The average molecular weight is 244 g/mol. The Balaban J connectivity index is 2.58. The number of nitrogens with one attached hydrogen (secondary N) is 1. The molecule has 1 aromatic heterocycles. The fourth-order valence-electron chi connectivity index (χ4n) is 2.16. The van der Waals surface area contributed by atoms with Crippen LogP contribution < -0.4 is 10.1 Å². The monoisotopic (exact) mass is 244 g/mol. The average Bonchev–Trinajstić information content (AvgIpc) is 2.39. The van der Waals surface area contributed by atoms with E-state index in [0.717, 1.165) is 35.3 Å². The molecule has 0 fully saturated rings. The first-order valence-corrected chi connectivity index (χ1v) is 6.53. The summed E-state index contributed by atoms with van der Waals surface area (Å²) in [5, 5.41) is 4.32. The van der Waals surface area contributed by atoms with Gasteiger partial charge in [0, 0.05) is 12.4 Å². The lowest BCUT2D eigenvalue weighted by Crippen LogP contribution is -2.01. The van der Waals surface area contributed by atoms with Gasteiger partial charge < -0.3 is 10.1 Å². The third kappa shape index (κ3) is 2.40. The number of para-hydroxylation sites is 1. The summed E-state index contributed by atoms with van der Waals surface area (Å²) in [5.74, 6) is 1.81. The van der Waals surface area contributed by atoms with Crippen LogP contribution in [0.4, 0.5) is 5.82 Å². The van der Waals surface area contributed by atoms with Crippen molar-refractivity contribution in [2.45, 2.75) is 26.7 Å². The number of aromatic nitrogens is 1. The van der Waals surface area contributed by atoms with Crippen LogP contribution >= 0.6 is 0 Å². The number of benzene rings is 1. The van der Waals surface area contributed by atoms with Crippen LogP contribution in [0.3, 0.4) is 0 Å². The Morgan fingerprint density at radius 1 is 1.28 bits per heavy atom. The molecule has 0 aliphatic rings. The van der Waals surface area contributed by atoms with Crippen LogP contribution in [0.2, 0.25) is 0 Å². The third-order valence-corrected chi connectivity index (χ3v) is 2.94. The van der Waals surface area contributed by atoms with Crippen molar-refractivity contribution in [2.75, 3.05) is 19.0 Å². The number of aryl methyl sites for hydroxylation is 1. The van der Waals surface area contributed by atoms with Gasteiger partial charge in [-0.15, -0.1) is 0 Å². The first kappa shape index (κ1) is 12.7. The van der Waals surface area contributed by atoms with Crippen LogP contribution in [-0.4, -0.2) is 18.6 Å². The minimum atomic E-state index is 0.659. The molecule has 2 aromatic rings. The van der Waals surface area contributed by atoms with Crippen molar-refractivity contribution in [3.05, 3.63) is 29.8 Å². The molecule has 0 bridgehead atoms. The van der Waals surface area contributed by atoms with Crippen molar-refractivity contribution < 1.29 is 4.74 Å². The van der Waals surface area contributed by atoms with Gasteiger partial charge in [-0.05, 0) is 31.0 Å². The molecule has 1 heterocycles. The molecule has 0 aliphatic heterocycles. The Kier molecular flexibility index (Phi) is 4.03. The van der Waals surface area contributed by atoms with Crippen LogP contribution in [-0.2, 0) is 6.42 Å². The molecule has 3 heteroatoms. The highest BCUT2D eigenvalue weighted by Crippen LogP contribution is 2.28. The van der Waals surface area contributed by atoms with E-state index in [-0.39, 0.29) is 0 Å². The molecule has 2 rings (SSSR count). The first-order chi connectivity index (χ1) is 8.80. The highest BCUT2D eigenvalue weighted by molar-refractivity contribution is 5.87. The van der Waals surface area contributed by atoms with E-state index in [1.807, 2.05) is 26.1 Å². The van der Waals surface area contributed by atoms with E-state index in [4.69, 9.17) is 9.72 Å². The van der Waals surface area contributed by atoms with Gasteiger partial charge in [0.05, 0.1) is 6.61 Å². The van der Waals surface area contributed by atoms with E-state index in [1.54, 1.807) is 0 Å². The molecule has 0 unspecified atom stereocenters. The predicted octanol–water partition coefficient (Wildman–Crippen LogP) is 3.63. The van der Waals surface area contributed by atoms with Crippen molar-refractivity contribution in [1.29, 1.82) is 0 Å². The van der Waals surface area contributed by atoms with Gasteiger partial charge in [0.2, 0.25) is 0 Å². The van der Waals surface area contributed by atoms with E-state index >= 15 is 0 Å². The predicted molar refractivity (Wildman–Crippen MR) is 76.5 cm³/mol. The maximum Gasteiger partial charge on any atom is 0.145 e. The highest BCUT2D eigenvalue weighted by Gasteiger charge is 2.08. The van der Waals surface area contributed by atoms with Gasteiger partial charge in [-0.2, -0.15) is 0 Å². The van der Waals surface area contributed by atoms with Crippen molar-refractivity contribution in [2.24, 2.45) is 0 Å². The summed E-state index contributed by atoms with van der Waals surface area (Å²) in [6.07, 6.45) is 2.16. The highest BCUT2D eigenvalue weighted by atomic mass is 16.5. The summed E-state index contributed by atoms with van der Waals surface area (Å²) in [5.41, 5.74) is 2.20. The molecule has 96 valence electrons. The van der Waals surface area contributed by atoms with Crippen molar-refractivity contribution >= 4 is 16.7 Å². The summed E-state index contributed by atoms with van der Waals surface area (Å²) in [6, 6.07) is 8.28. The standard InChI is InChI=1S/C15H20N2O/c1-4-7-12-10-11-8-6-9-13(18-5-2)14(11)17-15(12)16-3/h6,8-10H,4-5,7H2,1-3H3,(H,16,17). The van der Waals surface area contributed by atoms with Gasteiger partial charge in [0.1, 0.15) is 17.1 Å². The number of pyridine rings is 1. The fraction of sp³-hybridized carbons (Fsp3) is 0.400. The number of hydrogen-bond acceptors (Lipinski definition) is 3. The van der Waals surface area contributed by atoms with E-state index in [0.29, 0.717) is 6.61 Å². The van der Waals surface area contributed by atoms with Crippen molar-refractivity contribution in [3.63, 3.8) is 0 Å². The Hall–Kier alpha value is -1.77. The van der Waals surface area contributed by atoms with Gasteiger partial charge in [-0.1, -0.05) is 25.5 Å². The van der Waals surface area contributed by atoms with Gasteiger partial charge in [-0.25, -0.2) is 4.98 Å². The van der Waals surface area contributed by atoms with E-state index < -0.39 is 0 Å². The molecule has 0 amide bonds. The number of anilines is 1. The first-order valence-electron chi connectivity index (χ1n) is 6.53. The molecule has 1 N–H and O–H groups in total. The minimum absolute atomic E-state index is 0.659. The Morgan fingerprint density at radius 2 is 2.11 bits per heavy atom. The summed E-state index contributed by atoms with van der Waals surface area (Å²) in [4.78, 5) is 4.69. The third-order valence-electron chi connectivity index (χ3n) is 2.94. The quantitative estimate of drug-likeness (QED) is 0.872. The second-order valence-electron chi connectivity index (χ2n) is 4.26. The lowest BCUT2D eigenvalue weighted by molar-refractivity contribution is 0.343. The maximum absolute atomic E-state index is 5.63. The minimum Gasteiger partial charge on any atom is -0.492 e. The van der Waals surface area contributed by atoms with E-state index in [9.17, 15) is 0 Å². The Morgan fingerprint density at radius 3 is 2.78 bits per heavy atom. The van der Waals surface area contributed by atoms with Gasteiger partial charge in [-0.3, -0.25) is 0 Å². The topological polar surface area (TPSA) is 34.1 Å². The number of ether oxygens (including phenoxy) is 1. The molecule has 1 aromatic carbocycles. The maximum atomic E-state index is 5.63. The zero-order valence-corrected chi connectivity index (χ0v) is 11.3. The zero-order chi connectivity index (χ0) is 13.0. The van der Waals surface area contributed by atoms with E-state index in [1.165, 1.54) is 5.56 Å². The Labute approximate surface area is 108 Å². The molecule has 0 saturated carbocycles. The fourth-order valence-corrected chi connectivity index (χ4v) is 2.16. The largest absolute Gasteiger partial charge is 0.492 e. The molecule has 3 nitrogen and oxygen atoms in total. The smallest absolute Gasteiger partial charge is 0.145 e. The number of hydrogen-bond donors (Lipinski definition) is 1. The molecule has 0 radical (unpaired) electrons. The molecule has 0 atom stereocenters. The van der Waals surface area contributed by atoms with Crippen LogP contribution in [0.25, 0.3) is 10.9 Å². The zero-order valence-electron chi connectivity index (χ0n) is 11.3. The molecule has 0 saturated heterocycles. The molecular formula is C15H20N2O. The van der Waals surface area contributed by atoms with Crippen LogP contribution in [0.5, 0.6) is 5.75 Å². The SMILES string of the molecule is CCCc1cc2cccc(OCC)c2nc1NC. The molecule has 0 spiro atoms. The Bertz CT molecular complexity index is 537. The van der Waals surface area contributed by atoms with Crippen LogP contribution in [0, 0.1) is 0 Å². The van der Waals surface area contributed by atoms with E-state index in [2.05, 4.69) is 24.4 Å². The number of rotatable bonds is 5. The second kappa shape index (κ2) is 5.71. The van der Waals surface area contributed by atoms with Crippen LogP contribution in [0.15, 0.2) is 24.3 Å². The lowest BCUT2D eigenvalue weighted by Gasteiger charge is -2.12. The molecular weight excluding hydrogens is 224 g/mol.